The maximum atomic E-state index is 12.6. The maximum absolute atomic E-state index is 12.6. The van der Waals surface area contributed by atoms with Gasteiger partial charge < -0.3 is 19.0 Å². The second-order valence-corrected chi connectivity index (χ2v) is 7.22. The normalized spacial score (nSPS) is 15.4. The fourth-order valence-electron chi connectivity index (χ4n) is 3.65. The van der Waals surface area contributed by atoms with Gasteiger partial charge in [-0.15, -0.1) is 0 Å². The molecule has 1 atom stereocenters. The van der Waals surface area contributed by atoms with Crippen LogP contribution in [-0.4, -0.2) is 42.7 Å². The van der Waals surface area contributed by atoms with Crippen LogP contribution in [0, 0.1) is 6.92 Å². The molecule has 2 aromatic heterocycles. The molecule has 7 heteroatoms. The van der Waals surface area contributed by atoms with Gasteiger partial charge in [0.15, 0.2) is 11.5 Å². The topological polar surface area (TPSA) is 80.7 Å². The zero-order valence-electron chi connectivity index (χ0n) is 16.7. The first-order chi connectivity index (χ1) is 14.1. The number of benzene rings is 1. The third-order valence-electron chi connectivity index (χ3n) is 5.24. The lowest BCUT2D eigenvalue weighted by Gasteiger charge is -2.25. The van der Waals surface area contributed by atoms with Crippen LogP contribution in [0.15, 0.2) is 51.4 Å². The fourth-order valence-corrected chi connectivity index (χ4v) is 3.65. The van der Waals surface area contributed by atoms with Crippen molar-refractivity contribution in [3.8, 4) is 17.1 Å². The summed E-state index contributed by atoms with van der Waals surface area (Å²) in [5.41, 5.74) is 1.09. The van der Waals surface area contributed by atoms with Gasteiger partial charge in [-0.3, -0.25) is 9.69 Å². The minimum absolute atomic E-state index is 0.0168. The Kier molecular flexibility index (Phi) is 5.67. The molecular formula is C22H25N3O4. The Balaban J connectivity index is 1.43. The number of methoxy groups -OCH3 is 1. The molecule has 1 fully saturated rings. The Hall–Kier alpha value is -3.06. The van der Waals surface area contributed by atoms with E-state index in [1.165, 1.54) is 12.8 Å². The minimum Gasteiger partial charge on any atom is -0.497 e. The Morgan fingerprint density at radius 3 is 2.62 bits per heavy atom. The maximum Gasteiger partial charge on any atom is 0.273 e. The second kappa shape index (κ2) is 8.53. The molecule has 0 saturated carbocycles. The molecule has 7 nitrogen and oxygen atoms in total. The number of aromatic nitrogens is 1. The lowest BCUT2D eigenvalue weighted by atomic mass is 10.1. The molecule has 0 spiro atoms. The van der Waals surface area contributed by atoms with Gasteiger partial charge in [0, 0.05) is 18.2 Å². The molecule has 1 amide bonds. The Bertz CT molecular complexity index is 955. The monoisotopic (exact) mass is 395 g/mol. The predicted molar refractivity (Wildman–Crippen MR) is 108 cm³/mol. The van der Waals surface area contributed by atoms with Crippen molar-refractivity contribution in [2.75, 3.05) is 26.7 Å². The standard InChI is InChI=1S/C22H25N3O4/c1-15-5-10-20(28-15)19(25-11-3-4-12-25)14-23-22(26)18-13-21(29-24-18)16-6-8-17(27-2)9-7-16/h5-10,13,19H,3-4,11-12,14H2,1-2H3,(H,23,26)/t19-/m1/s1. The molecule has 3 aromatic rings. The number of carbonyl (C=O) groups excluding carboxylic acids is 1. The van der Waals surface area contributed by atoms with Gasteiger partial charge in [0.25, 0.3) is 5.91 Å². The van der Waals surface area contributed by atoms with Crippen LogP contribution in [0.1, 0.15) is 40.9 Å². The van der Waals surface area contributed by atoms with Crippen molar-refractivity contribution in [3.05, 3.63) is 59.7 Å². The highest BCUT2D eigenvalue weighted by atomic mass is 16.5. The molecule has 4 rings (SSSR count). The summed E-state index contributed by atoms with van der Waals surface area (Å²) in [6.45, 7) is 4.40. The number of ether oxygens (including phenoxy) is 1. The molecule has 1 aromatic carbocycles. The van der Waals surface area contributed by atoms with Crippen LogP contribution in [0.5, 0.6) is 5.75 Å². The highest BCUT2D eigenvalue weighted by Gasteiger charge is 2.27. The summed E-state index contributed by atoms with van der Waals surface area (Å²) in [5.74, 6) is 2.78. The molecular weight excluding hydrogens is 370 g/mol. The van der Waals surface area contributed by atoms with Crippen LogP contribution in [0.3, 0.4) is 0 Å². The van der Waals surface area contributed by atoms with Gasteiger partial charge >= 0.3 is 0 Å². The van der Waals surface area contributed by atoms with Crippen molar-refractivity contribution in [2.45, 2.75) is 25.8 Å². The predicted octanol–water partition coefficient (Wildman–Crippen LogP) is 3.82. The summed E-state index contributed by atoms with van der Waals surface area (Å²) in [4.78, 5) is 15.0. The Morgan fingerprint density at radius 1 is 1.21 bits per heavy atom. The highest BCUT2D eigenvalue weighted by molar-refractivity contribution is 5.93. The highest BCUT2D eigenvalue weighted by Crippen LogP contribution is 2.27. The molecule has 1 N–H and O–H groups in total. The average Bonchev–Trinajstić information content (AvgIpc) is 3.50. The summed E-state index contributed by atoms with van der Waals surface area (Å²) in [6, 6.07) is 13.0. The lowest BCUT2D eigenvalue weighted by Crippen LogP contribution is -2.36. The lowest BCUT2D eigenvalue weighted by molar-refractivity contribution is 0.0924. The number of nitrogens with zero attached hydrogens (tertiary/aromatic N) is 2. The molecule has 0 unspecified atom stereocenters. The number of nitrogens with one attached hydrogen (secondary N) is 1. The van der Waals surface area contributed by atoms with Crippen molar-refractivity contribution in [2.24, 2.45) is 0 Å². The van der Waals surface area contributed by atoms with Crippen LogP contribution in [-0.2, 0) is 0 Å². The van der Waals surface area contributed by atoms with Gasteiger partial charge in [-0.2, -0.15) is 0 Å². The van der Waals surface area contributed by atoms with Crippen molar-refractivity contribution >= 4 is 5.91 Å². The van der Waals surface area contributed by atoms with E-state index in [9.17, 15) is 4.79 Å². The first-order valence-electron chi connectivity index (χ1n) is 9.84. The van der Waals surface area contributed by atoms with Crippen molar-refractivity contribution in [1.82, 2.24) is 15.4 Å². The SMILES string of the molecule is COc1ccc(-c2cc(C(=O)NC[C@H](c3ccc(C)o3)N3CCCC3)no2)cc1. The number of hydrogen-bond acceptors (Lipinski definition) is 6. The van der Waals surface area contributed by atoms with Gasteiger partial charge in [-0.05, 0) is 69.3 Å². The molecule has 1 saturated heterocycles. The number of carbonyl (C=O) groups is 1. The van der Waals surface area contributed by atoms with Gasteiger partial charge in [0.1, 0.15) is 17.3 Å². The molecule has 0 radical (unpaired) electrons. The van der Waals surface area contributed by atoms with Crippen LogP contribution in [0.4, 0.5) is 0 Å². The van der Waals surface area contributed by atoms with Crippen molar-refractivity contribution in [3.63, 3.8) is 0 Å². The molecule has 0 aliphatic carbocycles. The number of hydrogen-bond donors (Lipinski definition) is 1. The molecule has 1 aliphatic heterocycles. The number of rotatable bonds is 7. The molecule has 3 heterocycles. The third-order valence-corrected chi connectivity index (χ3v) is 5.24. The summed E-state index contributed by atoms with van der Waals surface area (Å²) < 4.78 is 16.4. The Morgan fingerprint density at radius 2 is 1.97 bits per heavy atom. The zero-order valence-corrected chi connectivity index (χ0v) is 16.7. The van der Waals surface area contributed by atoms with E-state index in [-0.39, 0.29) is 17.6 Å². The number of amides is 1. The van der Waals surface area contributed by atoms with E-state index >= 15 is 0 Å². The van der Waals surface area contributed by atoms with E-state index in [0.29, 0.717) is 12.3 Å². The quantitative estimate of drug-likeness (QED) is 0.655. The van der Waals surface area contributed by atoms with Gasteiger partial charge in [-0.1, -0.05) is 5.16 Å². The van der Waals surface area contributed by atoms with Crippen LogP contribution in [0.2, 0.25) is 0 Å². The van der Waals surface area contributed by atoms with E-state index in [1.807, 2.05) is 43.3 Å². The number of aryl methyl sites for hydroxylation is 1. The van der Waals surface area contributed by atoms with E-state index in [0.717, 1.165) is 35.9 Å². The summed E-state index contributed by atoms with van der Waals surface area (Å²) in [6.07, 6.45) is 2.33. The third kappa shape index (κ3) is 4.35. The molecule has 29 heavy (non-hydrogen) atoms. The van der Waals surface area contributed by atoms with Crippen LogP contribution >= 0.6 is 0 Å². The van der Waals surface area contributed by atoms with E-state index in [4.69, 9.17) is 13.7 Å². The number of furan rings is 1. The first-order valence-corrected chi connectivity index (χ1v) is 9.84. The second-order valence-electron chi connectivity index (χ2n) is 7.22. The summed E-state index contributed by atoms with van der Waals surface area (Å²) >= 11 is 0. The first kappa shape index (κ1) is 19.3. The molecule has 0 bridgehead atoms. The van der Waals surface area contributed by atoms with Gasteiger partial charge in [0.2, 0.25) is 0 Å². The van der Waals surface area contributed by atoms with E-state index in [1.54, 1.807) is 13.2 Å². The van der Waals surface area contributed by atoms with E-state index in [2.05, 4.69) is 15.4 Å². The van der Waals surface area contributed by atoms with Crippen LogP contribution < -0.4 is 10.1 Å². The van der Waals surface area contributed by atoms with Gasteiger partial charge in [-0.25, -0.2) is 0 Å². The molecule has 1 aliphatic rings. The fraction of sp³-hybridized carbons (Fsp3) is 0.364. The smallest absolute Gasteiger partial charge is 0.273 e. The van der Waals surface area contributed by atoms with Crippen molar-refractivity contribution in [1.29, 1.82) is 0 Å². The van der Waals surface area contributed by atoms with E-state index < -0.39 is 0 Å². The van der Waals surface area contributed by atoms with Crippen LogP contribution in [0.25, 0.3) is 11.3 Å². The van der Waals surface area contributed by atoms with Gasteiger partial charge in [0.05, 0.1) is 13.2 Å². The largest absolute Gasteiger partial charge is 0.497 e. The van der Waals surface area contributed by atoms with Crippen molar-refractivity contribution < 1.29 is 18.5 Å². The number of likely N-dealkylation sites (tertiary alicyclic amines) is 1. The zero-order chi connectivity index (χ0) is 20.2. The molecule has 152 valence electrons. The summed E-state index contributed by atoms with van der Waals surface area (Å²) in [7, 11) is 1.62. The average molecular weight is 395 g/mol. The summed E-state index contributed by atoms with van der Waals surface area (Å²) in [5, 5.41) is 6.92. The Labute approximate surface area is 169 Å². The minimum atomic E-state index is -0.263.